The molecule has 102 valence electrons. The summed E-state index contributed by atoms with van der Waals surface area (Å²) in [5.41, 5.74) is 2.07. The first-order valence-electron chi connectivity index (χ1n) is 6.93. The topological polar surface area (TPSA) is 38.3 Å². The summed E-state index contributed by atoms with van der Waals surface area (Å²) >= 11 is 1.90. The van der Waals surface area contributed by atoms with Gasteiger partial charge in [-0.15, -0.1) is 11.8 Å². The molecule has 0 aliphatic carbocycles. The molecule has 2 aliphatic heterocycles. The molecule has 1 fully saturated rings. The van der Waals surface area contributed by atoms with Crippen molar-refractivity contribution in [1.82, 2.24) is 5.32 Å². The molecule has 1 N–H and O–H groups in total. The van der Waals surface area contributed by atoms with Crippen molar-refractivity contribution in [3.63, 3.8) is 0 Å². The fraction of sp³-hybridized carbons (Fsp3) is 0.533. The van der Waals surface area contributed by atoms with E-state index in [-0.39, 0.29) is 5.97 Å². The van der Waals surface area contributed by atoms with E-state index in [0.29, 0.717) is 11.4 Å². The molecule has 4 heteroatoms. The maximum Gasteiger partial charge on any atom is 0.339 e. The number of hydrogen-bond donors (Lipinski definition) is 1. The molecule has 1 spiro atoms. The van der Waals surface area contributed by atoms with E-state index in [9.17, 15) is 4.79 Å². The molecule has 1 aromatic carbocycles. The first kappa shape index (κ1) is 13.0. The van der Waals surface area contributed by atoms with E-state index in [1.807, 2.05) is 30.8 Å². The number of nitrogens with one attached hydrogen (secondary N) is 1. The van der Waals surface area contributed by atoms with Gasteiger partial charge >= 0.3 is 5.97 Å². The third-order valence-corrected chi connectivity index (χ3v) is 5.61. The second kappa shape index (κ2) is 5.17. The molecule has 0 saturated carbocycles. The molecular weight excluding hydrogens is 258 g/mol. The van der Waals surface area contributed by atoms with Crippen molar-refractivity contribution < 1.29 is 9.53 Å². The fourth-order valence-corrected chi connectivity index (χ4v) is 4.58. The van der Waals surface area contributed by atoms with Crippen LogP contribution in [-0.4, -0.2) is 30.4 Å². The average molecular weight is 277 g/mol. The van der Waals surface area contributed by atoms with Crippen molar-refractivity contribution in [2.45, 2.75) is 35.8 Å². The van der Waals surface area contributed by atoms with Gasteiger partial charge in [-0.3, -0.25) is 0 Å². The Labute approximate surface area is 118 Å². The number of carbonyl (C=O) groups excluding carboxylic acids is 1. The number of fused-ring (bicyclic) bond motifs is 1. The van der Waals surface area contributed by atoms with Crippen molar-refractivity contribution in [3.8, 4) is 0 Å². The predicted molar refractivity (Wildman–Crippen MR) is 76.8 cm³/mol. The van der Waals surface area contributed by atoms with Gasteiger partial charge in [-0.05, 0) is 50.9 Å². The van der Waals surface area contributed by atoms with Crippen LogP contribution in [0.3, 0.4) is 0 Å². The summed E-state index contributed by atoms with van der Waals surface area (Å²) in [7, 11) is 0. The van der Waals surface area contributed by atoms with E-state index in [1.54, 1.807) is 0 Å². The van der Waals surface area contributed by atoms with E-state index in [0.717, 1.165) is 30.0 Å². The van der Waals surface area contributed by atoms with E-state index >= 15 is 0 Å². The molecule has 0 atom stereocenters. The molecule has 0 bridgehead atoms. The van der Waals surface area contributed by atoms with Gasteiger partial charge in [-0.2, -0.15) is 0 Å². The number of rotatable bonds is 2. The SMILES string of the molecule is CCOC(=O)c1cccc2c1SC1(CCNCC1)C2. The van der Waals surface area contributed by atoms with Crippen LogP contribution in [0, 0.1) is 0 Å². The van der Waals surface area contributed by atoms with Crippen LogP contribution in [0.25, 0.3) is 0 Å². The van der Waals surface area contributed by atoms with Gasteiger partial charge in [0.05, 0.1) is 12.2 Å². The molecule has 3 rings (SSSR count). The van der Waals surface area contributed by atoms with Gasteiger partial charge in [-0.25, -0.2) is 4.79 Å². The Bertz CT molecular complexity index is 495. The number of ether oxygens (including phenoxy) is 1. The third-order valence-electron chi connectivity index (χ3n) is 3.94. The quantitative estimate of drug-likeness (QED) is 0.843. The molecule has 3 nitrogen and oxygen atoms in total. The Morgan fingerprint density at radius 3 is 2.95 bits per heavy atom. The van der Waals surface area contributed by atoms with Crippen molar-refractivity contribution in [2.24, 2.45) is 0 Å². The number of benzene rings is 1. The highest BCUT2D eigenvalue weighted by molar-refractivity contribution is 8.01. The molecule has 2 aliphatic rings. The lowest BCUT2D eigenvalue weighted by Crippen LogP contribution is -2.39. The Hall–Kier alpha value is -1.00. The van der Waals surface area contributed by atoms with Crippen molar-refractivity contribution >= 4 is 17.7 Å². The normalized spacial score (nSPS) is 20.3. The monoisotopic (exact) mass is 277 g/mol. The van der Waals surface area contributed by atoms with E-state index in [4.69, 9.17) is 4.74 Å². The zero-order valence-electron chi connectivity index (χ0n) is 11.2. The molecule has 1 aromatic rings. The van der Waals surface area contributed by atoms with Gasteiger partial charge < -0.3 is 10.1 Å². The lowest BCUT2D eigenvalue weighted by molar-refractivity contribution is 0.0522. The highest BCUT2D eigenvalue weighted by Gasteiger charge is 2.40. The molecule has 0 unspecified atom stereocenters. The molecule has 2 heterocycles. The lowest BCUT2D eigenvalue weighted by atomic mass is 9.90. The van der Waals surface area contributed by atoms with Crippen LogP contribution in [0.15, 0.2) is 23.1 Å². The van der Waals surface area contributed by atoms with Gasteiger partial charge in [0.15, 0.2) is 0 Å². The minimum absolute atomic E-state index is 0.183. The summed E-state index contributed by atoms with van der Waals surface area (Å²) in [6, 6.07) is 6.03. The summed E-state index contributed by atoms with van der Waals surface area (Å²) in [5, 5.41) is 3.42. The van der Waals surface area contributed by atoms with Crippen LogP contribution in [0.5, 0.6) is 0 Å². The molecule has 0 amide bonds. The third kappa shape index (κ3) is 2.39. The number of thioether (sulfide) groups is 1. The lowest BCUT2D eigenvalue weighted by Gasteiger charge is -2.32. The minimum Gasteiger partial charge on any atom is -0.462 e. The number of esters is 1. The van der Waals surface area contributed by atoms with Crippen LogP contribution in [0.2, 0.25) is 0 Å². The standard InChI is InChI=1S/C15H19NO2S/c1-2-18-14(17)12-5-3-4-11-10-15(19-13(11)12)6-8-16-9-7-15/h3-5,16H,2,6-10H2,1H3. The Morgan fingerprint density at radius 1 is 1.42 bits per heavy atom. The number of piperidine rings is 1. The van der Waals surface area contributed by atoms with Gasteiger partial charge in [0, 0.05) is 9.64 Å². The van der Waals surface area contributed by atoms with Crippen LogP contribution in [-0.2, 0) is 11.2 Å². The number of carbonyl (C=O) groups is 1. The molecule has 19 heavy (non-hydrogen) atoms. The Morgan fingerprint density at radius 2 is 2.21 bits per heavy atom. The Kier molecular flexibility index (Phi) is 3.54. The maximum atomic E-state index is 12.0. The summed E-state index contributed by atoms with van der Waals surface area (Å²) < 4.78 is 5.47. The Balaban J connectivity index is 1.90. The molecule has 0 aromatic heterocycles. The second-order valence-electron chi connectivity index (χ2n) is 5.23. The van der Waals surface area contributed by atoms with Crippen LogP contribution in [0.4, 0.5) is 0 Å². The van der Waals surface area contributed by atoms with Gasteiger partial charge in [-0.1, -0.05) is 12.1 Å². The maximum absolute atomic E-state index is 12.0. The van der Waals surface area contributed by atoms with E-state index in [2.05, 4.69) is 11.4 Å². The molecular formula is C15H19NO2S. The first-order chi connectivity index (χ1) is 9.24. The molecule has 0 radical (unpaired) electrons. The largest absolute Gasteiger partial charge is 0.462 e. The van der Waals surface area contributed by atoms with Crippen molar-refractivity contribution in [2.75, 3.05) is 19.7 Å². The summed E-state index contributed by atoms with van der Waals surface area (Å²) in [6.45, 7) is 4.44. The number of hydrogen-bond acceptors (Lipinski definition) is 4. The zero-order valence-corrected chi connectivity index (χ0v) is 12.0. The van der Waals surface area contributed by atoms with Gasteiger partial charge in [0.1, 0.15) is 0 Å². The second-order valence-corrected chi connectivity index (χ2v) is 6.70. The minimum atomic E-state index is -0.183. The predicted octanol–water partition coefficient (Wildman–Crippen LogP) is 2.63. The summed E-state index contributed by atoms with van der Waals surface area (Å²) in [5.74, 6) is -0.183. The highest BCUT2D eigenvalue weighted by atomic mass is 32.2. The van der Waals surface area contributed by atoms with Crippen LogP contribution in [0.1, 0.15) is 35.7 Å². The smallest absolute Gasteiger partial charge is 0.339 e. The van der Waals surface area contributed by atoms with E-state index in [1.165, 1.54) is 18.4 Å². The van der Waals surface area contributed by atoms with E-state index < -0.39 is 0 Å². The summed E-state index contributed by atoms with van der Waals surface area (Å²) in [4.78, 5) is 13.2. The van der Waals surface area contributed by atoms with Gasteiger partial charge in [0.25, 0.3) is 0 Å². The van der Waals surface area contributed by atoms with Crippen molar-refractivity contribution in [3.05, 3.63) is 29.3 Å². The molecule has 1 saturated heterocycles. The summed E-state index contributed by atoms with van der Waals surface area (Å²) in [6.07, 6.45) is 3.44. The first-order valence-corrected chi connectivity index (χ1v) is 7.74. The van der Waals surface area contributed by atoms with Gasteiger partial charge in [0.2, 0.25) is 0 Å². The van der Waals surface area contributed by atoms with Crippen LogP contribution >= 0.6 is 11.8 Å². The fourth-order valence-electron chi connectivity index (χ4n) is 2.98. The van der Waals surface area contributed by atoms with Crippen LogP contribution < -0.4 is 5.32 Å². The average Bonchev–Trinajstić information content (AvgIpc) is 2.76. The van der Waals surface area contributed by atoms with Crippen molar-refractivity contribution in [1.29, 1.82) is 0 Å². The highest BCUT2D eigenvalue weighted by Crippen LogP contribution is 2.51. The zero-order chi connectivity index (χ0) is 13.3.